The van der Waals surface area contributed by atoms with E-state index in [-0.39, 0.29) is 11.9 Å². The second-order valence-corrected chi connectivity index (χ2v) is 6.15. The summed E-state index contributed by atoms with van der Waals surface area (Å²) in [4.78, 5) is 13.9. The second-order valence-electron chi connectivity index (χ2n) is 6.15. The lowest BCUT2D eigenvalue weighted by atomic mass is 9.94. The van der Waals surface area contributed by atoms with Crippen molar-refractivity contribution in [3.63, 3.8) is 0 Å². The maximum Gasteiger partial charge on any atom is 0.239 e. The van der Waals surface area contributed by atoms with Crippen LogP contribution >= 0.6 is 0 Å². The lowest BCUT2D eigenvalue weighted by molar-refractivity contribution is -0.132. The van der Waals surface area contributed by atoms with E-state index in [1.807, 2.05) is 6.92 Å². The molecular formula is C14H28N2O2. The van der Waals surface area contributed by atoms with Gasteiger partial charge in [-0.3, -0.25) is 4.79 Å². The van der Waals surface area contributed by atoms with Crippen LogP contribution in [0.15, 0.2) is 0 Å². The van der Waals surface area contributed by atoms with Crippen molar-refractivity contribution in [2.75, 3.05) is 19.6 Å². The second kappa shape index (κ2) is 6.53. The molecule has 1 rings (SSSR count). The van der Waals surface area contributed by atoms with Crippen LogP contribution in [0.5, 0.6) is 0 Å². The fourth-order valence-electron chi connectivity index (χ4n) is 2.76. The van der Waals surface area contributed by atoms with Gasteiger partial charge in [-0.25, -0.2) is 0 Å². The van der Waals surface area contributed by atoms with Crippen LogP contribution in [0.2, 0.25) is 0 Å². The summed E-state index contributed by atoms with van der Waals surface area (Å²) in [6.07, 6.45) is 2.62. The van der Waals surface area contributed by atoms with Gasteiger partial charge in [0.05, 0.1) is 11.6 Å². The largest absolute Gasteiger partial charge is 0.388 e. The third kappa shape index (κ3) is 4.58. The molecule has 106 valence electrons. The van der Waals surface area contributed by atoms with E-state index in [0.717, 1.165) is 32.4 Å². The molecule has 1 heterocycles. The molecule has 0 aromatic heterocycles. The van der Waals surface area contributed by atoms with Crippen LogP contribution in [0, 0.1) is 5.92 Å². The van der Waals surface area contributed by atoms with E-state index in [4.69, 9.17) is 0 Å². The van der Waals surface area contributed by atoms with E-state index in [1.165, 1.54) is 0 Å². The maximum atomic E-state index is 12.1. The lowest BCUT2D eigenvalue weighted by Crippen LogP contribution is -2.45. The number of carbonyl (C=O) groups is 1. The van der Waals surface area contributed by atoms with Crippen molar-refractivity contribution in [1.29, 1.82) is 0 Å². The van der Waals surface area contributed by atoms with Crippen molar-refractivity contribution in [2.45, 2.75) is 58.6 Å². The average Bonchev–Trinajstić information content (AvgIpc) is 2.55. The van der Waals surface area contributed by atoms with Crippen molar-refractivity contribution in [1.82, 2.24) is 10.2 Å². The number of likely N-dealkylation sites (tertiary alicyclic amines) is 1. The van der Waals surface area contributed by atoms with E-state index in [2.05, 4.69) is 26.1 Å². The number of rotatable bonds is 7. The van der Waals surface area contributed by atoms with Crippen LogP contribution in [-0.2, 0) is 4.79 Å². The molecule has 2 unspecified atom stereocenters. The number of amides is 1. The van der Waals surface area contributed by atoms with Crippen LogP contribution in [0.1, 0.15) is 47.0 Å². The van der Waals surface area contributed by atoms with Gasteiger partial charge in [0, 0.05) is 13.1 Å². The third-order valence-corrected chi connectivity index (χ3v) is 3.32. The van der Waals surface area contributed by atoms with Gasteiger partial charge < -0.3 is 15.3 Å². The summed E-state index contributed by atoms with van der Waals surface area (Å²) < 4.78 is 0. The Balaban J connectivity index is 2.47. The van der Waals surface area contributed by atoms with Gasteiger partial charge in [0.25, 0.3) is 0 Å². The minimum absolute atomic E-state index is 0.0419. The number of hydrogen-bond acceptors (Lipinski definition) is 3. The number of β-amino-alcohol motifs (C(OH)–C–C–N with tert-alkyl or cyclic N) is 1. The van der Waals surface area contributed by atoms with Gasteiger partial charge in [-0.1, -0.05) is 20.8 Å². The fraction of sp³-hybridized carbons (Fsp3) is 0.929. The van der Waals surface area contributed by atoms with Gasteiger partial charge in [0.1, 0.15) is 0 Å². The summed E-state index contributed by atoms with van der Waals surface area (Å²) in [6.45, 7) is 10.2. The molecule has 0 aliphatic carbocycles. The summed E-state index contributed by atoms with van der Waals surface area (Å²) in [5.74, 6) is 0.583. The van der Waals surface area contributed by atoms with E-state index in [9.17, 15) is 9.90 Å². The Bertz CT molecular complexity index is 277. The van der Waals surface area contributed by atoms with Gasteiger partial charge >= 0.3 is 0 Å². The van der Waals surface area contributed by atoms with Crippen molar-refractivity contribution in [2.24, 2.45) is 5.92 Å². The Hall–Kier alpha value is -0.610. The summed E-state index contributed by atoms with van der Waals surface area (Å²) in [5.41, 5.74) is -0.774. The highest BCUT2D eigenvalue weighted by Gasteiger charge is 2.35. The number of hydrogen-bond donors (Lipinski definition) is 2. The normalized spacial score (nSPS) is 23.8. The standard InChI is InChI=1S/C14H28N2O2/c1-5-7-15-12-6-8-16(13(12)17)10-14(4,18)9-11(2)3/h11-12,15,18H,5-10H2,1-4H3. The van der Waals surface area contributed by atoms with Crippen LogP contribution in [-0.4, -0.2) is 47.2 Å². The summed E-state index contributed by atoms with van der Waals surface area (Å²) in [6, 6.07) is -0.0419. The van der Waals surface area contributed by atoms with E-state index in [1.54, 1.807) is 4.90 Å². The molecule has 0 spiro atoms. The molecular weight excluding hydrogens is 228 g/mol. The predicted molar refractivity (Wildman–Crippen MR) is 73.4 cm³/mol. The molecule has 4 heteroatoms. The lowest BCUT2D eigenvalue weighted by Gasteiger charge is -2.30. The Morgan fingerprint density at radius 2 is 2.22 bits per heavy atom. The van der Waals surface area contributed by atoms with Gasteiger partial charge in [0.15, 0.2) is 0 Å². The molecule has 4 nitrogen and oxygen atoms in total. The van der Waals surface area contributed by atoms with E-state index >= 15 is 0 Å². The monoisotopic (exact) mass is 256 g/mol. The Labute approximate surface area is 111 Å². The zero-order valence-corrected chi connectivity index (χ0v) is 12.2. The van der Waals surface area contributed by atoms with Crippen LogP contribution in [0.3, 0.4) is 0 Å². The van der Waals surface area contributed by atoms with Crippen molar-refractivity contribution >= 4 is 5.91 Å². The molecule has 0 bridgehead atoms. The SMILES string of the molecule is CCCNC1CCN(CC(C)(O)CC(C)C)C1=O. The van der Waals surface area contributed by atoms with Gasteiger partial charge in [-0.05, 0) is 38.6 Å². The molecule has 2 atom stereocenters. The average molecular weight is 256 g/mol. The van der Waals surface area contributed by atoms with Crippen molar-refractivity contribution < 1.29 is 9.90 Å². The predicted octanol–water partition coefficient (Wildman–Crippen LogP) is 1.38. The van der Waals surface area contributed by atoms with Crippen molar-refractivity contribution in [3.8, 4) is 0 Å². The van der Waals surface area contributed by atoms with E-state index in [0.29, 0.717) is 12.5 Å². The van der Waals surface area contributed by atoms with Crippen LogP contribution in [0.4, 0.5) is 0 Å². The van der Waals surface area contributed by atoms with Crippen LogP contribution < -0.4 is 5.32 Å². The summed E-state index contributed by atoms with van der Waals surface area (Å²) in [5, 5.41) is 13.6. The quantitative estimate of drug-likeness (QED) is 0.723. The van der Waals surface area contributed by atoms with E-state index < -0.39 is 5.60 Å². The molecule has 1 aliphatic rings. The van der Waals surface area contributed by atoms with Gasteiger partial charge in [-0.2, -0.15) is 0 Å². The fourth-order valence-corrected chi connectivity index (χ4v) is 2.76. The highest BCUT2D eigenvalue weighted by Crippen LogP contribution is 2.21. The smallest absolute Gasteiger partial charge is 0.239 e. The molecule has 2 N–H and O–H groups in total. The first-order chi connectivity index (χ1) is 8.35. The van der Waals surface area contributed by atoms with Crippen LogP contribution in [0.25, 0.3) is 0 Å². The maximum absolute atomic E-state index is 12.1. The molecule has 1 saturated heterocycles. The first-order valence-corrected chi connectivity index (χ1v) is 7.10. The minimum Gasteiger partial charge on any atom is -0.388 e. The number of aliphatic hydroxyl groups is 1. The van der Waals surface area contributed by atoms with Crippen molar-refractivity contribution in [3.05, 3.63) is 0 Å². The number of nitrogens with one attached hydrogen (secondary N) is 1. The molecule has 1 amide bonds. The Morgan fingerprint density at radius 1 is 1.56 bits per heavy atom. The number of nitrogens with zero attached hydrogens (tertiary/aromatic N) is 1. The topological polar surface area (TPSA) is 52.6 Å². The molecule has 0 aromatic rings. The molecule has 0 radical (unpaired) electrons. The summed E-state index contributed by atoms with van der Waals surface area (Å²) >= 11 is 0. The highest BCUT2D eigenvalue weighted by molar-refractivity contribution is 5.84. The summed E-state index contributed by atoms with van der Waals surface area (Å²) in [7, 11) is 0. The Kier molecular flexibility index (Phi) is 5.60. The number of carbonyl (C=O) groups excluding carboxylic acids is 1. The molecule has 0 aromatic carbocycles. The molecule has 1 aliphatic heterocycles. The molecule has 1 fully saturated rings. The third-order valence-electron chi connectivity index (χ3n) is 3.32. The first-order valence-electron chi connectivity index (χ1n) is 7.10. The zero-order chi connectivity index (χ0) is 13.8. The highest BCUT2D eigenvalue weighted by atomic mass is 16.3. The molecule has 18 heavy (non-hydrogen) atoms. The van der Waals surface area contributed by atoms with Gasteiger partial charge in [-0.15, -0.1) is 0 Å². The Morgan fingerprint density at radius 3 is 2.78 bits per heavy atom. The minimum atomic E-state index is -0.774. The molecule has 0 saturated carbocycles. The zero-order valence-electron chi connectivity index (χ0n) is 12.2. The first kappa shape index (κ1) is 15.4. The van der Waals surface area contributed by atoms with Gasteiger partial charge in [0.2, 0.25) is 5.91 Å².